The van der Waals surface area contributed by atoms with Crippen LogP contribution in [-0.2, 0) is 22.9 Å². The van der Waals surface area contributed by atoms with E-state index in [9.17, 15) is 18.0 Å². The average Bonchev–Trinajstić information content (AvgIpc) is 3.46. The third kappa shape index (κ3) is 6.91. The Bertz CT molecular complexity index is 1770. The highest BCUT2D eigenvalue weighted by Gasteiger charge is 2.33. The number of hydrogen-bond donors (Lipinski definition) is 1. The number of amides is 1. The first-order valence-electron chi connectivity index (χ1n) is 15.1. The first-order chi connectivity index (χ1) is 21.1. The molecular weight excluding hydrogens is 581 g/mol. The summed E-state index contributed by atoms with van der Waals surface area (Å²) in [6.07, 6.45) is -2.36. The standard InChI is InChI=1S/C35H39F3N4O3/c1-20(2)45-29-18-27-23(17-28(29)40-33(43)26-13-9-14-30(39-26)35(36,37)38)19-42(41-27)15-10-16-44-32-22(4)21(3)31-24(32)11-8-12-25(31)34(5,6)7/h8-9,11-14,17-20,32H,10,15-16H2,1-7H3,(H,40,43). The van der Waals surface area contributed by atoms with Crippen LogP contribution in [0.5, 0.6) is 5.75 Å². The Hall–Kier alpha value is -4.18. The van der Waals surface area contributed by atoms with E-state index in [1.54, 1.807) is 12.1 Å². The van der Waals surface area contributed by atoms with Crippen LogP contribution in [0.4, 0.5) is 18.9 Å². The number of hydrogen-bond acceptors (Lipinski definition) is 5. The summed E-state index contributed by atoms with van der Waals surface area (Å²) in [5.41, 5.74) is 5.89. The Kier molecular flexibility index (Phi) is 8.81. The van der Waals surface area contributed by atoms with Crippen LogP contribution >= 0.6 is 0 Å². The molecule has 1 N–H and O–H groups in total. The number of nitrogens with zero attached hydrogens (tertiary/aromatic N) is 3. The molecule has 1 aliphatic carbocycles. The molecular formula is C35H39F3N4O3. The van der Waals surface area contributed by atoms with Crippen molar-refractivity contribution in [2.24, 2.45) is 0 Å². The first kappa shape index (κ1) is 32.2. The lowest BCUT2D eigenvalue weighted by molar-refractivity contribution is -0.141. The quantitative estimate of drug-likeness (QED) is 0.189. The van der Waals surface area contributed by atoms with Gasteiger partial charge in [0.1, 0.15) is 23.2 Å². The zero-order chi connectivity index (χ0) is 32.7. The van der Waals surface area contributed by atoms with Gasteiger partial charge in [-0.3, -0.25) is 9.48 Å². The van der Waals surface area contributed by atoms with Crippen LogP contribution in [0, 0.1) is 0 Å². The summed E-state index contributed by atoms with van der Waals surface area (Å²) in [4.78, 5) is 16.4. The fourth-order valence-corrected chi connectivity index (χ4v) is 5.67. The van der Waals surface area contributed by atoms with E-state index in [-0.39, 0.29) is 23.3 Å². The molecule has 0 spiro atoms. The van der Waals surface area contributed by atoms with E-state index in [2.05, 4.69) is 63.1 Å². The summed E-state index contributed by atoms with van der Waals surface area (Å²) in [6, 6.07) is 13.1. The van der Waals surface area contributed by atoms with Crippen LogP contribution in [-0.4, -0.2) is 33.4 Å². The van der Waals surface area contributed by atoms with Crippen molar-refractivity contribution in [3.8, 4) is 5.75 Å². The fraction of sp³-hybridized carbons (Fsp3) is 0.400. The summed E-state index contributed by atoms with van der Waals surface area (Å²) in [5, 5.41) is 8.10. The monoisotopic (exact) mass is 620 g/mol. The van der Waals surface area contributed by atoms with Crippen molar-refractivity contribution in [2.75, 3.05) is 11.9 Å². The number of nitrogens with one attached hydrogen (secondary N) is 1. The van der Waals surface area contributed by atoms with Crippen LogP contribution in [0.3, 0.4) is 0 Å². The van der Waals surface area contributed by atoms with E-state index in [1.807, 2.05) is 24.7 Å². The molecule has 45 heavy (non-hydrogen) atoms. The van der Waals surface area contributed by atoms with Crippen LogP contribution in [0.25, 0.3) is 16.5 Å². The number of fused-ring (bicyclic) bond motifs is 2. The van der Waals surface area contributed by atoms with E-state index >= 15 is 0 Å². The number of aryl methyl sites for hydroxylation is 1. The molecule has 7 nitrogen and oxygen atoms in total. The van der Waals surface area contributed by atoms with Gasteiger partial charge >= 0.3 is 6.18 Å². The van der Waals surface area contributed by atoms with Gasteiger partial charge in [0.25, 0.3) is 5.91 Å². The zero-order valence-corrected chi connectivity index (χ0v) is 26.7. The van der Waals surface area contributed by atoms with Gasteiger partial charge in [0, 0.05) is 30.8 Å². The van der Waals surface area contributed by atoms with Crippen molar-refractivity contribution in [2.45, 2.75) is 85.2 Å². The van der Waals surface area contributed by atoms with Crippen LogP contribution < -0.4 is 10.1 Å². The normalized spacial score (nSPS) is 15.2. The van der Waals surface area contributed by atoms with Gasteiger partial charge in [0.2, 0.25) is 0 Å². The molecule has 0 radical (unpaired) electrons. The van der Waals surface area contributed by atoms with Gasteiger partial charge in [-0.1, -0.05) is 45.0 Å². The number of carbonyl (C=O) groups excluding carboxylic acids is 1. The largest absolute Gasteiger partial charge is 0.489 e. The molecule has 1 amide bonds. The van der Waals surface area contributed by atoms with Crippen molar-refractivity contribution in [1.29, 1.82) is 0 Å². The van der Waals surface area contributed by atoms with Gasteiger partial charge < -0.3 is 14.8 Å². The van der Waals surface area contributed by atoms with Crippen molar-refractivity contribution in [3.63, 3.8) is 0 Å². The molecule has 4 aromatic rings. The van der Waals surface area contributed by atoms with E-state index in [4.69, 9.17) is 14.6 Å². The van der Waals surface area contributed by atoms with E-state index in [0.29, 0.717) is 30.1 Å². The van der Waals surface area contributed by atoms with Crippen molar-refractivity contribution in [3.05, 3.63) is 88.4 Å². The lowest BCUT2D eigenvalue weighted by Gasteiger charge is -2.24. The molecule has 238 valence electrons. The second kappa shape index (κ2) is 12.3. The third-order valence-corrected chi connectivity index (χ3v) is 7.90. The number of ether oxygens (including phenoxy) is 2. The van der Waals surface area contributed by atoms with Gasteiger partial charge in [-0.15, -0.1) is 0 Å². The first-order valence-corrected chi connectivity index (χ1v) is 15.1. The van der Waals surface area contributed by atoms with E-state index < -0.39 is 17.8 Å². The van der Waals surface area contributed by atoms with Crippen LogP contribution in [0.15, 0.2) is 60.3 Å². The van der Waals surface area contributed by atoms with Crippen molar-refractivity contribution in [1.82, 2.24) is 14.8 Å². The number of carbonyl (C=O) groups is 1. The maximum atomic E-state index is 13.1. The molecule has 0 bridgehead atoms. The Labute approximate surface area is 261 Å². The summed E-state index contributed by atoms with van der Waals surface area (Å²) >= 11 is 0. The number of aromatic nitrogens is 3. The molecule has 10 heteroatoms. The molecule has 0 aliphatic heterocycles. The second-order valence-corrected chi connectivity index (χ2v) is 12.8. The number of alkyl halides is 3. The average molecular weight is 621 g/mol. The summed E-state index contributed by atoms with van der Waals surface area (Å²) < 4.78 is 53.6. The van der Waals surface area contributed by atoms with E-state index in [1.165, 1.54) is 33.9 Å². The minimum atomic E-state index is -4.66. The van der Waals surface area contributed by atoms with Crippen molar-refractivity contribution < 1.29 is 27.4 Å². The zero-order valence-electron chi connectivity index (χ0n) is 26.7. The Balaban J connectivity index is 1.29. The predicted octanol–water partition coefficient (Wildman–Crippen LogP) is 8.74. The summed E-state index contributed by atoms with van der Waals surface area (Å²) in [7, 11) is 0. The number of benzene rings is 2. The topological polar surface area (TPSA) is 78.3 Å². The molecule has 2 heterocycles. The molecule has 1 unspecified atom stereocenters. The van der Waals surface area contributed by atoms with Crippen LogP contribution in [0.1, 0.15) is 93.9 Å². The number of anilines is 1. The third-order valence-electron chi connectivity index (χ3n) is 7.90. The SMILES string of the molecule is CC1=C(C)C(OCCCn2cc3cc(NC(=O)c4cccc(C(F)(F)F)n4)c(OC(C)C)cc3n2)c2cccc(C(C)(C)C)c21. The molecule has 1 atom stereocenters. The molecule has 2 aromatic heterocycles. The van der Waals surface area contributed by atoms with Crippen molar-refractivity contribution >= 4 is 28.1 Å². The number of allylic oxidation sites excluding steroid dienone is 1. The number of rotatable bonds is 9. The summed E-state index contributed by atoms with van der Waals surface area (Å²) in [5.74, 6) is -0.417. The van der Waals surface area contributed by atoms with Gasteiger partial charge in [-0.05, 0) is 85.6 Å². The van der Waals surface area contributed by atoms with E-state index in [0.717, 1.165) is 23.9 Å². The van der Waals surface area contributed by atoms with Gasteiger partial charge in [0.05, 0.1) is 17.3 Å². The van der Waals surface area contributed by atoms with Crippen LogP contribution in [0.2, 0.25) is 0 Å². The smallest absolute Gasteiger partial charge is 0.433 e. The predicted molar refractivity (Wildman–Crippen MR) is 169 cm³/mol. The molecule has 0 saturated heterocycles. The highest BCUT2D eigenvalue weighted by Crippen LogP contribution is 2.46. The molecule has 5 rings (SSSR count). The summed E-state index contributed by atoms with van der Waals surface area (Å²) in [6.45, 7) is 15.8. The lowest BCUT2D eigenvalue weighted by atomic mass is 9.81. The molecule has 0 saturated carbocycles. The number of pyridine rings is 1. The fourth-order valence-electron chi connectivity index (χ4n) is 5.67. The highest BCUT2D eigenvalue weighted by molar-refractivity contribution is 6.05. The highest BCUT2D eigenvalue weighted by atomic mass is 19.4. The van der Waals surface area contributed by atoms with Gasteiger partial charge in [0.15, 0.2) is 0 Å². The maximum Gasteiger partial charge on any atom is 0.433 e. The van der Waals surface area contributed by atoms with Gasteiger partial charge in [-0.25, -0.2) is 4.98 Å². The Morgan fingerprint density at radius 2 is 1.80 bits per heavy atom. The minimum Gasteiger partial charge on any atom is -0.489 e. The Morgan fingerprint density at radius 1 is 1.07 bits per heavy atom. The Morgan fingerprint density at radius 3 is 2.49 bits per heavy atom. The van der Waals surface area contributed by atoms with Gasteiger partial charge in [-0.2, -0.15) is 18.3 Å². The molecule has 1 aliphatic rings. The lowest BCUT2D eigenvalue weighted by Crippen LogP contribution is -2.18. The maximum absolute atomic E-state index is 13.1. The number of halogens is 3. The minimum absolute atomic E-state index is 0.0295. The molecule has 0 fully saturated rings. The second-order valence-electron chi connectivity index (χ2n) is 12.8. The molecule has 2 aromatic carbocycles.